The zero-order valence-electron chi connectivity index (χ0n) is 12.3. The van der Waals surface area contributed by atoms with Crippen LogP contribution in [-0.4, -0.2) is 28.4 Å². The van der Waals surface area contributed by atoms with E-state index in [9.17, 15) is 4.79 Å². The van der Waals surface area contributed by atoms with Crippen LogP contribution >= 0.6 is 23.1 Å². The first-order valence-electron chi connectivity index (χ1n) is 6.60. The maximum absolute atomic E-state index is 11.5. The molecule has 1 heterocycles. The average Bonchev–Trinajstić information content (AvgIpc) is 2.95. The Morgan fingerprint density at radius 2 is 2.23 bits per heavy atom. The highest BCUT2D eigenvalue weighted by Gasteiger charge is 2.09. The molecular formula is C15H16N4OS2. The first kappa shape index (κ1) is 16.3. The molecule has 2 N–H and O–H groups in total. The molecule has 0 aliphatic heterocycles. The monoisotopic (exact) mass is 332 g/mol. The number of amides is 1. The van der Waals surface area contributed by atoms with E-state index in [1.165, 1.54) is 34.2 Å². The molecule has 0 saturated carbocycles. The third-order valence-electron chi connectivity index (χ3n) is 2.97. The second-order valence-corrected chi connectivity index (χ2v) is 6.72. The number of carbonyl (C=O) groups is 1. The molecule has 1 aromatic carbocycles. The van der Waals surface area contributed by atoms with Crippen molar-refractivity contribution in [3.8, 4) is 12.3 Å². The van der Waals surface area contributed by atoms with Crippen molar-refractivity contribution in [3.05, 3.63) is 29.3 Å². The van der Waals surface area contributed by atoms with Gasteiger partial charge in [-0.1, -0.05) is 41.2 Å². The van der Waals surface area contributed by atoms with Gasteiger partial charge in [-0.15, -0.1) is 16.6 Å². The Morgan fingerprint density at radius 1 is 1.41 bits per heavy atom. The van der Waals surface area contributed by atoms with E-state index in [1.54, 1.807) is 0 Å². The molecule has 0 spiro atoms. The van der Waals surface area contributed by atoms with Crippen LogP contribution in [0, 0.1) is 26.2 Å². The van der Waals surface area contributed by atoms with Crippen LogP contribution in [0.25, 0.3) is 0 Å². The first-order valence-corrected chi connectivity index (χ1v) is 8.40. The summed E-state index contributed by atoms with van der Waals surface area (Å²) in [5.74, 6) is 2.53. The fraction of sp³-hybridized carbons (Fsp3) is 0.267. The van der Waals surface area contributed by atoms with Gasteiger partial charge < -0.3 is 10.6 Å². The van der Waals surface area contributed by atoms with E-state index in [-0.39, 0.29) is 18.2 Å². The molecule has 5 nitrogen and oxygen atoms in total. The Hall–Kier alpha value is -2.04. The predicted octanol–water partition coefficient (Wildman–Crippen LogP) is 2.74. The van der Waals surface area contributed by atoms with E-state index in [0.29, 0.717) is 5.13 Å². The summed E-state index contributed by atoms with van der Waals surface area (Å²) >= 11 is 2.76. The Morgan fingerprint density at radius 3 is 3.00 bits per heavy atom. The fourth-order valence-corrected chi connectivity index (χ4v) is 3.24. The van der Waals surface area contributed by atoms with Crippen LogP contribution < -0.4 is 10.6 Å². The molecule has 0 bridgehead atoms. The third kappa shape index (κ3) is 4.48. The molecule has 0 aliphatic rings. The van der Waals surface area contributed by atoms with Crippen molar-refractivity contribution in [2.45, 2.75) is 18.2 Å². The van der Waals surface area contributed by atoms with Crippen LogP contribution in [0.5, 0.6) is 0 Å². The van der Waals surface area contributed by atoms with Gasteiger partial charge >= 0.3 is 0 Å². The van der Waals surface area contributed by atoms with Crippen LogP contribution in [0.4, 0.5) is 10.8 Å². The predicted molar refractivity (Wildman–Crippen MR) is 91.7 cm³/mol. The zero-order chi connectivity index (χ0) is 15.9. The lowest BCUT2D eigenvalue weighted by molar-refractivity contribution is -0.118. The lowest BCUT2D eigenvalue weighted by Crippen LogP contribution is -2.25. The summed E-state index contributed by atoms with van der Waals surface area (Å²) in [6.07, 6.45) is 5.08. The highest BCUT2D eigenvalue weighted by atomic mass is 32.2. The normalized spacial score (nSPS) is 10.0. The van der Waals surface area contributed by atoms with E-state index < -0.39 is 0 Å². The van der Waals surface area contributed by atoms with Crippen molar-refractivity contribution in [2.75, 3.05) is 17.6 Å². The smallest absolute Gasteiger partial charge is 0.231 e. The number of nitrogens with one attached hydrogen (secondary N) is 2. The number of aryl methyl sites for hydroxylation is 1. The van der Waals surface area contributed by atoms with Gasteiger partial charge in [0, 0.05) is 5.69 Å². The highest BCUT2D eigenvalue weighted by Crippen LogP contribution is 2.29. The van der Waals surface area contributed by atoms with Crippen molar-refractivity contribution in [1.82, 2.24) is 15.5 Å². The highest BCUT2D eigenvalue weighted by molar-refractivity contribution is 8.01. The summed E-state index contributed by atoms with van der Waals surface area (Å²) in [5, 5.41) is 14.7. The number of hydrogen-bond acceptors (Lipinski definition) is 6. The standard InChI is InChI=1S/C15H16N4OS2/c1-4-8-16-13(20)9-21-15-19-18-14(22-15)17-12-7-5-6-10(2)11(12)3/h1,5-7H,8-9H2,2-3H3,(H,16,20)(H,17,18). The number of nitrogens with zero attached hydrogens (tertiary/aromatic N) is 2. The minimum absolute atomic E-state index is 0.109. The Kier molecular flexibility index (Phi) is 5.81. The largest absolute Gasteiger partial charge is 0.344 e. The molecule has 0 atom stereocenters. The number of thioether (sulfide) groups is 1. The van der Waals surface area contributed by atoms with Crippen LogP contribution in [0.15, 0.2) is 22.5 Å². The molecule has 22 heavy (non-hydrogen) atoms. The number of carbonyl (C=O) groups excluding carboxylic acids is 1. The van der Waals surface area contributed by atoms with Crippen LogP contribution in [-0.2, 0) is 4.79 Å². The van der Waals surface area contributed by atoms with Gasteiger partial charge in [0.2, 0.25) is 11.0 Å². The molecule has 0 fully saturated rings. The quantitative estimate of drug-likeness (QED) is 0.629. The molecule has 2 aromatic rings. The third-order valence-corrected chi connectivity index (χ3v) is 4.94. The molecule has 0 unspecified atom stereocenters. The molecular weight excluding hydrogens is 316 g/mol. The summed E-state index contributed by atoms with van der Waals surface area (Å²) in [7, 11) is 0. The lowest BCUT2D eigenvalue weighted by Gasteiger charge is -2.08. The van der Waals surface area contributed by atoms with Gasteiger partial charge in [0.1, 0.15) is 0 Å². The molecule has 2 rings (SSSR count). The second-order valence-electron chi connectivity index (χ2n) is 4.52. The van der Waals surface area contributed by atoms with Crippen LogP contribution in [0.3, 0.4) is 0 Å². The Bertz CT molecular complexity index is 706. The number of terminal acetylenes is 1. The average molecular weight is 332 g/mol. The Balaban J connectivity index is 1.93. The second kappa shape index (κ2) is 7.82. The summed E-state index contributed by atoms with van der Waals surface area (Å²) in [5.41, 5.74) is 3.41. The molecule has 1 aromatic heterocycles. The zero-order valence-corrected chi connectivity index (χ0v) is 14.0. The summed E-state index contributed by atoms with van der Waals surface area (Å²) in [6.45, 7) is 4.37. The summed E-state index contributed by atoms with van der Waals surface area (Å²) in [6, 6.07) is 6.07. The van der Waals surface area contributed by atoms with Crippen molar-refractivity contribution < 1.29 is 4.79 Å². The van der Waals surface area contributed by atoms with Gasteiger partial charge in [-0.05, 0) is 31.0 Å². The number of rotatable bonds is 6. The lowest BCUT2D eigenvalue weighted by atomic mass is 10.1. The first-order chi connectivity index (χ1) is 10.6. The van der Waals surface area contributed by atoms with Crippen LogP contribution in [0.2, 0.25) is 0 Å². The Labute approximate surface area is 137 Å². The van der Waals surface area contributed by atoms with E-state index in [2.05, 4.69) is 46.7 Å². The number of hydrogen-bond donors (Lipinski definition) is 2. The number of aromatic nitrogens is 2. The van der Waals surface area contributed by atoms with Crippen molar-refractivity contribution in [1.29, 1.82) is 0 Å². The number of anilines is 2. The molecule has 0 saturated heterocycles. The molecule has 0 aliphatic carbocycles. The van der Waals surface area contributed by atoms with E-state index in [4.69, 9.17) is 6.42 Å². The topological polar surface area (TPSA) is 66.9 Å². The van der Waals surface area contributed by atoms with Gasteiger partial charge in [-0.3, -0.25) is 4.79 Å². The molecule has 1 amide bonds. The summed E-state index contributed by atoms with van der Waals surface area (Å²) < 4.78 is 0.740. The van der Waals surface area contributed by atoms with E-state index in [0.717, 1.165) is 10.0 Å². The molecule has 114 valence electrons. The number of benzene rings is 1. The minimum atomic E-state index is -0.109. The van der Waals surface area contributed by atoms with E-state index >= 15 is 0 Å². The minimum Gasteiger partial charge on any atom is -0.344 e. The van der Waals surface area contributed by atoms with Gasteiger partial charge in [-0.2, -0.15) is 0 Å². The van der Waals surface area contributed by atoms with Crippen molar-refractivity contribution >= 4 is 39.8 Å². The van der Waals surface area contributed by atoms with Crippen molar-refractivity contribution in [3.63, 3.8) is 0 Å². The van der Waals surface area contributed by atoms with Crippen LogP contribution in [0.1, 0.15) is 11.1 Å². The molecule has 7 heteroatoms. The maximum Gasteiger partial charge on any atom is 0.231 e. The van der Waals surface area contributed by atoms with E-state index in [1.807, 2.05) is 12.1 Å². The fourth-order valence-electron chi connectivity index (χ4n) is 1.65. The van der Waals surface area contributed by atoms with Crippen molar-refractivity contribution in [2.24, 2.45) is 0 Å². The van der Waals surface area contributed by atoms with Gasteiger partial charge in [0.15, 0.2) is 4.34 Å². The molecule has 0 radical (unpaired) electrons. The summed E-state index contributed by atoms with van der Waals surface area (Å²) in [4.78, 5) is 11.5. The van der Waals surface area contributed by atoms with Gasteiger partial charge in [-0.25, -0.2) is 0 Å². The maximum atomic E-state index is 11.5. The van der Waals surface area contributed by atoms with Gasteiger partial charge in [0.25, 0.3) is 0 Å². The van der Waals surface area contributed by atoms with Gasteiger partial charge in [0.05, 0.1) is 12.3 Å². The SMILES string of the molecule is C#CCNC(=O)CSc1nnc(Nc2cccc(C)c2C)s1.